The van der Waals surface area contributed by atoms with E-state index in [0.29, 0.717) is 10.8 Å². The number of pyridine rings is 2. The van der Waals surface area contributed by atoms with E-state index in [1.807, 2.05) is 24.3 Å². The van der Waals surface area contributed by atoms with Crippen molar-refractivity contribution in [3.05, 3.63) is 107 Å². The summed E-state index contributed by atoms with van der Waals surface area (Å²) in [4.78, 5) is 32.3. The molecule has 0 saturated heterocycles. The van der Waals surface area contributed by atoms with Gasteiger partial charge < -0.3 is 15.2 Å². The highest BCUT2D eigenvalue weighted by molar-refractivity contribution is 6.30. The number of amides is 1. The molecule has 0 fully saturated rings. The molecule has 0 aliphatic carbocycles. The van der Waals surface area contributed by atoms with E-state index < -0.39 is 11.9 Å². The van der Waals surface area contributed by atoms with Crippen molar-refractivity contribution in [2.24, 2.45) is 0 Å². The summed E-state index contributed by atoms with van der Waals surface area (Å²) in [6.07, 6.45) is 4.86. The number of carbonyl (C=O) groups is 2. The predicted octanol–water partition coefficient (Wildman–Crippen LogP) is 5.78. The number of aromatic nitrogens is 2. The van der Waals surface area contributed by atoms with Gasteiger partial charge >= 0.3 is 5.97 Å². The fourth-order valence-electron chi connectivity index (χ4n) is 3.31. The number of ether oxygens (including phenoxy) is 1. The summed E-state index contributed by atoms with van der Waals surface area (Å²) in [7, 11) is 0. The van der Waals surface area contributed by atoms with Crippen LogP contribution in [0.1, 0.15) is 39.2 Å². The van der Waals surface area contributed by atoms with Gasteiger partial charge in [-0.1, -0.05) is 35.9 Å². The average Bonchev–Trinajstić information content (AvgIpc) is 2.86. The topological polar surface area (TPSA) is 101 Å². The van der Waals surface area contributed by atoms with Crippen LogP contribution in [0.15, 0.2) is 85.3 Å². The molecule has 34 heavy (non-hydrogen) atoms. The molecule has 0 bridgehead atoms. The van der Waals surface area contributed by atoms with Crippen LogP contribution < -0.4 is 10.1 Å². The van der Waals surface area contributed by atoms with Crippen LogP contribution in [0.4, 0.5) is 0 Å². The Morgan fingerprint density at radius 2 is 1.62 bits per heavy atom. The lowest BCUT2D eigenvalue weighted by Crippen LogP contribution is -2.27. The number of carbonyl (C=O) groups excluding carboxylic acids is 1. The lowest BCUT2D eigenvalue weighted by molar-refractivity contribution is 0.0696. The van der Waals surface area contributed by atoms with Crippen LogP contribution in [0.5, 0.6) is 11.6 Å². The molecule has 0 aliphatic rings. The Hall–Kier alpha value is -4.23. The van der Waals surface area contributed by atoms with E-state index in [4.69, 9.17) is 21.4 Å². The second-order valence-electron chi connectivity index (χ2n) is 7.49. The number of nitrogens with one attached hydrogen (secondary N) is 1. The Bertz CT molecular complexity index is 1310. The van der Waals surface area contributed by atoms with Crippen LogP contribution >= 0.6 is 11.6 Å². The molecule has 2 aromatic heterocycles. The average molecular weight is 474 g/mol. The summed E-state index contributed by atoms with van der Waals surface area (Å²) in [6, 6.07) is 18.6. The third-order valence-corrected chi connectivity index (χ3v) is 5.36. The van der Waals surface area contributed by atoms with Gasteiger partial charge in [-0.05, 0) is 66.1 Å². The molecule has 2 heterocycles. The Morgan fingerprint density at radius 1 is 0.971 bits per heavy atom. The Labute approximate surface area is 201 Å². The molecular weight excluding hydrogens is 454 g/mol. The van der Waals surface area contributed by atoms with Crippen molar-refractivity contribution in [3.8, 4) is 22.8 Å². The lowest BCUT2D eigenvalue weighted by atomic mass is 10.1. The number of carboxylic acids is 1. The van der Waals surface area contributed by atoms with Crippen molar-refractivity contribution < 1.29 is 19.4 Å². The van der Waals surface area contributed by atoms with Gasteiger partial charge in [-0.15, -0.1) is 0 Å². The molecule has 0 saturated carbocycles. The van der Waals surface area contributed by atoms with E-state index >= 15 is 0 Å². The first-order valence-electron chi connectivity index (χ1n) is 10.4. The van der Waals surface area contributed by atoms with Gasteiger partial charge in [-0.2, -0.15) is 0 Å². The normalized spacial score (nSPS) is 11.5. The fraction of sp³-hybridized carbons (Fsp3) is 0.0769. The standard InChI is InChI=1S/C26H20ClN3O4/c1-16(17-2-4-20(5-3-17)26(32)33)30-24(31)23-14-21(27)15-29-25(23)34-22-8-6-18(7-9-22)19-10-12-28-13-11-19/h2-16H,1H3,(H,30,31)(H,32,33). The molecule has 0 aliphatic heterocycles. The zero-order valence-electron chi connectivity index (χ0n) is 18.1. The number of nitrogens with zero attached hydrogens (tertiary/aromatic N) is 2. The Morgan fingerprint density at radius 3 is 2.26 bits per heavy atom. The first-order chi connectivity index (χ1) is 16.4. The van der Waals surface area contributed by atoms with Gasteiger partial charge in [0, 0.05) is 18.6 Å². The number of benzene rings is 2. The maximum atomic E-state index is 13.0. The van der Waals surface area contributed by atoms with Crippen LogP contribution in [-0.2, 0) is 0 Å². The summed E-state index contributed by atoms with van der Waals surface area (Å²) in [5, 5.41) is 12.2. The molecule has 1 unspecified atom stereocenters. The van der Waals surface area contributed by atoms with Gasteiger partial charge in [0.1, 0.15) is 11.3 Å². The van der Waals surface area contributed by atoms with Crippen LogP contribution in [-0.4, -0.2) is 27.0 Å². The summed E-state index contributed by atoms with van der Waals surface area (Å²) >= 11 is 6.09. The number of carboxylic acid groups (broad SMARTS) is 1. The van der Waals surface area contributed by atoms with Gasteiger partial charge in [0.25, 0.3) is 5.91 Å². The van der Waals surface area contributed by atoms with Gasteiger partial charge in [0.15, 0.2) is 0 Å². The zero-order valence-corrected chi connectivity index (χ0v) is 18.9. The second kappa shape index (κ2) is 10.1. The number of hydrogen-bond donors (Lipinski definition) is 2. The third kappa shape index (κ3) is 5.39. The number of hydrogen-bond acceptors (Lipinski definition) is 5. The van der Waals surface area contributed by atoms with Gasteiger partial charge in [0.05, 0.1) is 16.6 Å². The minimum absolute atomic E-state index is 0.118. The number of rotatable bonds is 7. The molecule has 4 rings (SSSR count). The van der Waals surface area contributed by atoms with Crippen molar-refractivity contribution in [1.29, 1.82) is 0 Å². The van der Waals surface area contributed by atoms with Crippen molar-refractivity contribution in [1.82, 2.24) is 15.3 Å². The molecule has 2 N–H and O–H groups in total. The van der Waals surface area contributed by atoms with Crippen LogP contribution in [0.25, 0.3) is 11.1 Å². The highest BCUT2D eigenvalue weighted by Gasteiger charge is 2.19. The second-order valence-corrected chi connectivity index (χ2v) is 7.93. The zero-order chi connectivity index (χ0) is 24.1. The number of halogens is 1. The molecular formula is C26H20ClN3O4. The van der Waals surface area contributed by atoms with Crippen molar-refractivity contribution in [2.45, 2.75) is 13.0 Å². The minimum Gasteiger partial charge on any atom is -0.478 e. The first-order valence-corrected chi connectivity index (χ1v) is 10.8. The van der Waals surface area contributed by atoms with Gasteiger partial charge in [0.2, 0.25) is 5.88 Å². The van der Waals surface area contributed by atoms with Crippen LogP contribution in [0, 0.1) is 0 Å². The van der Waals surface area contributed by atoms with E-state index in [2.05, 4.69) is 15.3 Å². The van der Waals surface area contributed by atoms with Crippen molar-refractivity contribution in [3.63, 3.8) is 0 Å². The molecule has 0 radical (unpaired) electrons. The fourth-order valence-corrected chi connectivity index (χ4v) is 3.47. The van der Waals surface area contributed by atoms with E-state index in [1.54, 1.807) is 43.6 Å². The van der Waals surface area contributed by atoms with E-state index in [0.717, 1.165) is 16.7 Å². The van der Waals surface area contributed by atoms with Crippen molar-refractivity contribution in [2.75, 3.05) is 0 Å². The smallest absolute Gasteiger partial charge is 0.335 e. The maximum Gasteiger partial charge on any atom is 0.335 e. The maximum absolute atomic E-state index is 13.0. The molecule has 0 spiro atoms. The van der Waals surface area contributed by atoms with Crippen LogP contribution in [0.2, 0.25) is 5.02 Å². The molecule has 4 aromatic rings. The van der Waals surface area contributed by atoms with Crippen LogP contribution in [0.3, 0.4) is 0 Å². The molecule has 2 aromatic carbocycles. The monoisotopic (exact) mass is 473 g/mol. The largest absolute Gasteiger partial charge is 0.478 e. The Balaban J connectivity index is 1.51. The summed E-state index contributed by atoms with van der Waals surface area (Å²) in [6.45, 7) is 1.80. The molecule has 1 amide bonds. The molecule has 170 valence electrons. The van der Waals surface area contributed by atoms with E-state index in [9.17, 15) is 9.59 Å². The molecule has 1 atom stereocenters. The van der Waals surface area contributed by atoms with Gasteiger partial charge in [-0.3, -0.25) is 9.78 Å². The van der Waals surface area contributed by atoms with E-state index in [1.165, 1.54) is 24.4 Å². The first kappa shape index (κ1) is 22.9. The highest BCUT2D eigenvalue weighted by atomic mass is 35.5. The minimum atomic E-state index is -1.01. The molecule has 7 nitrogen and oxygen atoms in total. The van der Waals surface area contributed by atoms with E-state index in [-0.39, 0.29) is 23.0 Å². The third-order valence-electron chi connectivity index (χ3n) is 5.15. The van der Waals surface area contributed by atoms with Gasteiger partial charge in [-0.25, -0.2) is 9.78 Å². The predicted molar refractivity (Wildman–Crippen MR) is 128 cm³/mol. The summed E-state index contributed by atoms with van der Waals surface area (Å²) in [5.41, 5.74) is 3.13. The summed E-state index contributed by atoms with van der Waals surface area (Å²) < 4.78 is 5.90. The molecule has 8 heteroatoms. The number of aromatic carboxylic acids is 1. The summed E-state index contributed by atoms with van der Waals surface area (Å²) in [5.74, 6) is -0.803. The quantitative estimate of drug-likeness (QED) is 0.353. The SMILES string of the molecule is CC(NC(=O)c1cc(Cl)cnc1Oc1ccc(-c2ccncc2)cc1)c1ccc(C(=O)O)cc1. The highest BCUT2D eigenvalue weighted by Crippen LogP contribution is 2.28. The Kier molecular flexibility index (Phi) is 6.85. The lowest BCUT2D eigenvalue weighted by Gasteiger charge is -2.16. The van der Waals surface area contributed by atoms with Crippen molar-refractivity contribution >= 4 is 23.5 Å².